The van der Waals surface area contributed by atoms with Crippen LogP contribution in [0, 0.1) is 10.8 Å². The zero-order valence-electron chi connectivity index (χ0n) is 19.2. The monoisotopic (exact) mass is 409 g/mol. The maximum atomic E-state index is 13.4. The number of aromatic nitrogens is 2. The van der Waals surface area contributed by atoms with Crippen LogP contribution in [0.4, 0.5) is 0 Å². The van der Waals surface area contributed by atoms with Gasteiger partial charge in [0.2, 0.25) is 0 Å². The average Bonchev–Trinajstić information content (AvgIpc) is 2.99. The zero-order valence-corrected chi connectivity index (χ0v) is 19.2. The number of rotatable bonds is 5. The summed E-state index contributed by atoms with van der Waals surface area (Å²) in [7, 11) is 0. The molecule has 1 aromatic heterocycles. The summed E-state index contributed by atoms with van der Waals surface area (Å²) in [5.74, 6) is 0.635. The number of carbonyl (C=O) groups is 2. The Kier molecular flexibility index (Phi) is 6.21. The Hall–Kier alpha value is -2.43. The Bertz CT molecular complexity index is 920. The van der Waals surface area contributed by atoms with Crippen molar-refractivity contribution in [3.8, 4) is 11.4 Å². The number of carbonyl (C=O) groups excluding carboxylic acids is 2. The van der Waals surface area contributed by atoms with Gasteiger partial charge in [-0.05, 0) is 30.1 Å². The van der Waals surface area contributed by atoms with E-state index in [4.69, 9.17) is 4.98 Å². The summed E-state index contributed by atoms with van der Waals surface area (Å²) in [5, 5.41) is 3.02. The van der Waals surface area contributed by atoms with E-state index in [1.54, 1.807) is 0 Å². The molecule has 0 saturated heterocycles. The number of fused-ring (bicyclic) bond motifs is 1. The quantitative estimate of drug-likeness (QED) is 0.753. The Morgan fingerprint density at radius 3 is 2.43 bits per heavy atom. The third kappa shape index (κ3) is 4.66. The highest BCUT2D eigenvalue weighted by Crippen LogP contribution is 2.35. The highest BCUT2D eigenvalue weighted by molar-refractivity contribution is 5.98. The van der Waals surface area contributed by atoms with Crippen LogP contribution in [0.1, 0.15) is 77.0 Å². The van der Waals surface area contributed by atoms with Crippen LogP contribution in [0.3, 0.4) is 0 Å². The van der Waals surface area contributed by atoms with Crippen molar-refractivity contribution in [1.82, 2.24) is 14.9 Å². The van der Waals surface area contributed by atoms with E-state index < -0.39 is 6.04 Å². The molecular weight excluding hydrogens is 374 g/mol. The molecule has 3 rings (SSSR count). The second kappa shape index (κ2) is 8.37. The van der Waals surface area contributed by atoms with Crippen LogP contribution >= 0.6 is 0 Å². The minimum Gasteiger partial charge on any atom is -0.340 e. The molecule has 0 fully saturated rings. The average molecular weight is 410 g/mol. The van der Waals surface area contributed by atoms with Crippen molar-refractivity contribution in [1.29, 1.82) is 0 Å². The summed E-state index contributed by atoms with van der Waals surface area (Å²) in [4.78, 5) is 30.7. The van der Waals surface area contributed by atoms with Gasteiger partial charge in [-0.3, -0.25) is 9.59 Å². The van der Waals surface area contributed by atoms with Crippen molar-refractivity contribution in [3.63, 3.8) is 0 Å². The highest BCUT2D eigenvalue weighted by atomic mass is 16.2. The number of benzene rings is 1. The predicted molar refractivity (Wildman–Crippen MR) is 120 cm³/mol. The zero-order chi connectivity index (χ0) is 22.1. The largest absolute Gasteiger partial charge is 0.340 e. The maximum absolute atomic E-state index is 13.4. The molecule has 2 aromatic rings. The van der Waals surface area contributed by atoms with E-state index in [0.29, 0.717) is 12.1 Å². The summed E-state index contributed by atoms with van der Waals surface area (Å²) >= 11 is 0. The summed E-state index contributed by atoms with van der Waals surface area (Å²) < 4.78 is 2.22. The van der Waals surface area contributed by atoms with Crippen molar-refractivity contribution >= 4 is 11.7 Å². The minimum atomic E-state index is -0.533. The van der Waals surface area contributed by atoms with E-state index >= 15 is 0 Å². The first kappa shape index (κ1) is 22.3. The third-order valence-corrected chi connectivity index (χ3v) is 6.18. The second-order valence-electron chi connectivity index (χ2n) is 10.3. The van der Waals surface area contributed by atoms with E-state index in [1.807, 2.05) is 58.0 Å². The minimum absolute atomic E-state index is 0.0468. The van der Waals surface area contributed by atoms with E-state index in [1.165, 1.54) is 0 Å². The smallest absolute Gasteiger partial charge is 0.272 e. The molecule has 5 nitrogen and oxygen atoms in total. The van der Waals surface area contributed by atoms with Gasteiger partial charge in [0, 0.05) is 18.5 Å². The van der Waals surface area contributed by atoms with Crippen molar-refractivity contribution in [2.45, 2.75) is 79.8 Å². The van der Waals surface area contributed by atoms with Gasteiger partial charge in [-0.2, -0.15) is 0 Å². The molecule has 1 atom stereocenters. The van der Waals surface area contributed by atoms with E-state index in [-0.39, 0.29) is 22.5 Å². The summed E-state index contributed by atoms with van der Waals surface area (Å²) in [5.41, 5.74) is 2.31. The van der Waals surface area contributed by atoms with Crippen LogP contribution in [-0.4, -0.2) is 27.3 Å². The molecule has 162 valence electrons. The molecule has 1 aliphatic heterocycles. The number of ketones is 1. The van der Waals surface area contributed by atoms with E-state index in [9.17, 15) is 9.59 Å². The fourth-order valence-electron chi connectivity index (χ4n) is 4.15. The molecule has 0 bridgehead atoms. The Balaban J connectivity index is 2.03. The fraction of sp³-hybridized carbons (Fsp3) is 0.560. The van der Waals surface area contributed by atoms with Crippen LogP contribution in [0.25, 0.3) is 11.4 Å². The third-order valence-electron chi connectivity index (χ3n) is 6.18. The molecule has 0 spiro atoms. The first-order valence-corrected chi connectivity index (χ1v) is 11.0. The van der Waals surface area contributed by atoms with Crippen molar-refractivity contribution in [3.05, 3.63) is 41.7 Å². The first-order chi connectivity index (χ1) is 14.0. The molecule has 0 radical (unpaired) electrons. The standard InChI is InChI=1S/C25H35N3O2/c1-7-19(29)21(24(2,3)4)27-23(30)20-18-13-14-25(5,6)15-16-28(18)22(26-20)17-11-9-8-10-12-17/h8-12,21H,7,13-16H2,1-6H3,(H,27,30). The molecule has 1 unspecified atom stereocenters. The van der Waals surface area contributed by atoms with Crippen LogP contribution in [0.15, 0.2) is 30.3 Å². The number of nitrogens with one attached hydrogen (secondary N) is 1. The van der Waals surface area contributed by atoms with Gasteiger partial charge in [-0.15, -0.1) is 0 Å². The lowest BCUT2D eigenvalue weighted by Gasteiger charge is -2.30. The lowest BCUT2D eigenvalue weighted by Crippen LogP contribution is -2.49. The molecule has 30 heavy (non-hydrogen) atoms. The van der Waals surface area contributed by atoms with Gasteiger partial charge in [0.25, 0.3) is 5.91 Å². The van der Waals surface area contributed by atoms with Crippen LogP contribution in [-0.2, 0) is 17.8 Å². The molecular formula is C25H35N3O2. The second-order valence-corrected chi connectivity index (χ2v) is 10.3. The van der Waals surface area contributed by atoms with Crippen LogP contribution < -0.4 is 5.32 Å². The topological polar surface area (TPSA) is 64.0 Å². The number of amides is 1. The van der Waals surface area contributed by atoms with Crippen LogP contribution in [0.5, 0.6) is 0 Å². The van der Waals surface area contributed by atoms with Crippen LogP contribution in [0.2, 0.25) is 0 Å². The van der Waals surface area contributed by atoms with Gasteiger partial charge >= 0.3 is 0 Å². The summed E-state index contributed by atoms with van der Waals surface area (Å²) in [6.07, 6.45) is 3.24. The van der Waals surface area contributed by atoms with E-state index in [0.717, 1.165) is 42.9 Å². The molecule has 2 heterocycles. The molecule has 1 aromatic carbocycles. The van der Waals surface area contributed by atoms with Gasteiger partial charge < -0.3 is 9.88 Å². The van der Waals surface area contributed by atoms with Crippen molar-refractivity contribution in [2.75, 3.05) is 0 Å². The number of hydrogen-bond donors (Lipinski definition) is 1. The predicted octanol–water partition coefficient (Wildman–Crippen LogP) is 5.04. The Morgan fingerprint density at radius 2 is 1.83 bits per heavy atom. The van der Waals surface area contributed by atoms with Gasteiger partial charge in [0.1, 0.15) is 11.5 Å². The maximum Gasteiger partial charge on any atom is 0.272 e. The molecule has 0 saturated carbocycles. The molecule has 0 aliphatic carbocycles. The Morgan fingerprint density at radius 1 is 1.17 bits per heavy atom. The van der Waals surface area contributed by atoms with Crippen molar-refractivity contribution < 1.29 is 9.59 Å². The molecule has 5 heteroatoms. The first-order valence-electron chi connectivity index (χ1n) is 11.0. The van der Waals surface area contributed by atoms with E-state index in [2.05, 4.69) is 23.7 Å². The lowest BCUT2D eigenvalue weighted by molar-refractivity contribution is -0.122. The summed E-state index contributed by atoms with van der Waals surface area (Å²) in [6.45, 7) is 13.2. The number of Topliss-reactive ketones (excluding diaryl/α,β-unsaturated/α-hetero) is 1. The van der Waals surface area contributed by atoms with Gasteiger partial charge in [0.05, 0.1) is 11.7 Å². The van der Waals surface area contributed by atoms with Gasteiger partial charge in [-0.25, -0.2) is 4.98 Å². The SMILES string of the molecule is CCC(=O)C(NC(=O)c1nc(-c2ccccc2)n2c1CCC(C)(C)CC2)C(C)(C)C. The number of hydrogen-bond acceptors (Lipinski definition) is 3. The normalized spacial score (nSPS) is 17.0. The summed E-state index contributed by atoms with van der Waals surface area (Å²) in [6, 6.07) is 9.50. The molecule has 1 aliphatic rings. The number of imidazole rings is 1. The fourth-order valence-corrected chi connectivity index (χ4v) is 4.15. The van der Waals surface area contributed by atoms with Crippen molar-refractivity contribution in [2.24, 2.45) is 10.8 Å². The van der Waals surface area contributed by atoms with Gasteiger partial charge in [0.15, 0.2) is 5.78 Å². The highest BCUT2D eigenvalue weighted by Gasteiger charge is 2.35. The Labute approximate surface area is 180 Å². The molecule has 1 amide bonds. The molecule has 1 N–H and O–H groups in total. The number of nitrogens with zero attached hydrogens (tertiary/aromatic N) is 2. The lowest BCUT2D eigenvalue weighted by atomic mass is 9.83. The van der Waals surface area contributed by atoms with Gasteiger partial charge in [-0.1, -0.05) is 71.9 Å².